The van der Waals surface area contributed by atoms with E-state index in [4.69, 9.17) is 14.5 Å². The Morgan fingerprint density at radius 2 is 2.03 bits per heavy atom. The van der Waals surface area contributed by atoms with Gasteiger partial charge in [0.15, 0.2) is 11.9 Å². The highest BCUT2D eigenvalue weighted by Gasteiger charge is 2.19. The number of thioether (sulfide) groups is 1. The SMILES string of the molecule is CCN(CC)CCCn1c(SCc2cc(F)cc3c2OCOC3)nc2ccccc2c1=O. The number of ether oxygens (including phenoxy) is 2. The van der Waals surface area contributed by atoms with Crippen LogP contribution >= 0.6 is 11.8 Å². The smallest absolute Gasteiger partial charge is 0.262 e. The average molecular weight is 458 g/mol. The topological polar surface area (TPSA) is 56.6 Å². The van der Waals surface area contributed by atoms with Gasteiger partial charge in [-0.2, -0.15) is 0 Å². The molecule has 2 aromatic carbocycles. The first kappa shape index (κ1) is 22.8. The third-order valence-electron chi connectivity index (χ3n) is 5.69. The van der Waals surface area contributed by atoms with Crippen LogP contribution in [-0.4, -0.2) is 40.9 Å². The molecule has 32 heavy (non-hydrogen) atoms. The molecule has 6 nitrogen and oxygen atoms in total. The predicted molar refractivity (Wildman–Crippen MR) is 125 cm³/mol. The summed E-state index contributed by atoms with van der Waals surface area (Å²) in [6, 6.07) is 10.3. The van der Waals surface area contributed by atoms with Crippen LogP contribution in [0, 0.1) is 5.82 Å². The number of aromatic nitrogens is 2. The number of halogens is 1. The van der Waals surface area contributed by atoms with Gasteiger partial charge >= 0.3 is 0 Å². The van der Waals surface area contributed by atoms with E-state index in [1.54, 1.807) is 4.57 Å². The Hall–Kier alpha value is -2.42. The molecule has 1 aromatic heterocycles. The van der Waals surface area contributed by atoms with Gasteiger partial charge in [0, 0.05) is 23.4 Å². The molecule has 0 unspecified atom stereocenters. The van der Waals surface area contributed by atoms with Crippen LogP contribution in [0.4, 0.5) is 4.39 Å². The zero-order valence-electron chi connectivity index (χ0n) is 18.5. The van der Waals surface area contributed by atoms with E-state index >= 15 is 0 Å². The maximum atomic E-state index is 14.1. The fraction of sp³-hybridized carbons (Fsp3) is 0.417. The second-order valence-corrected chi connectivity index (χ2v) is 8.64. The fourth-order valence-electron chi connectivity index (χ4n) is 3.95. The Kier molecular flexibility index (Phi) is 7.44. The molecule has 0 saturated carbocycles. The highest BCUT2D eigenvalue weighted by atomic mass is 32.2. The zero-order chi connectivity index (χ0) is 22.5. The van der Waals surface area contributed by atoms with Crippen LogP contribution in [0.3, 0.4) is 0 Å². The van der Waals surface area contributed by atoms with Crippen LogP contribution in [0.5, 0.6) is 5.75 Å². The van der Waals surface area contributed by atoms with E-state index in [2.05, 4.69) is 18.7 Å². The third-order valence-corrected chi connectivity index (χ3v) is 6.71. The van der Waals surface area contributed by atoms with Gasteiger partial charge in [-0.05, 0) is 50.3 Å². The van der Waals surface area contributed by atoms with Crippen molar-refractivity contribution in [3.05, 3.63) is 63.7 Å². The van der Waals surface area contributed by atoms with Crippen molar-refractivity contribution in [1.82, 2.24) is 14.5 Å². The van der Waals surface area contributed by atoms with Crippen LogP contribution in [0.1, 0.15) is 31.4 Å². The minimum atomic E-state index is -0.323. The quantitative estimate of drug-likeness (QED) is 0.350. The van der Waals surface area contributed by atoms with Crippen LogP contribution in [-0.2, 0) is 23.6 Å². The van der Waals surface area contributed by atoms with E-state index in [0.717, 1.165) is 31.6 Å². The lowest BCUT2D eigenvalue weighted by atomic mass is 10.1. The Labute approximate surface area is 191 Å². The van der Waals surface area contributed by atoms with Crippen molar-refractivity contribution in [2.24, 2.45) is 0 Å². The molecular weight excluding hydrogens is 429 g/mol. The van der Waals surface area contributed by atoms with E-state index in [1.807, 2.05) is 24.3 Å². The number of fused-ring (bicyclic) bond motifs is 2. The predicted octanol–water partition coefficient (Wildman–Crippen LogP) is 4.43. The van der Waals surface area contributed by atoms with Crippen molar-refractivity contribution in [3.63, 3.8) is 0 Å². The Morgan fingerprint density at radius 3 is 2.84 bits per heavy atom. The molecule has 0 aliphatic carbocycles. The van der Waals surface area contributed by atoms with Gasteiger partial charge in [0.25, 0.3) is 5.56 Å². The molecule has 1 aliphatic heterocycles. The second kappa shape index (κ2) is 10.5. The molecule has 0 saturated heterocycles. The molecule has 0 radical (unpaired) electrons. The van der Waals surface area contributed by atoms with Gasteiger partial charge in [-0.15, -0.1) is 0 Å². The highest BCUT2D eigenvalue weighted by molar-refractivity contribution is 7.98. The van der Waals surface area contributed by atoms with Gasteiger partial charge in [-0.3, -0.25) is 9.36 Å². The average Bonchev–Trinajstić information content (AvgIpc) is 2.81. The van der Waals surface area contributed by atoms with E-state index in [0.29, 0.717) is 46.3 Å². The highest BCUT2D eigenvalue weighted by Crippen LogP contribution is 2.33. The summed E-state index contributed by atoms with van der Waals surface area (Å²) in [5.41, 5.74) is 2.08. The minimum Gasteiger partial charge on any atom is -0.467 e. The molecular formula is C24H28FN3O3S. The van der Waals surface area contributed by atoms with Crippen molar-refractivity contribution in [1.29, 1.82) is 0 Å². The third kappa shape index (κ3) is 4.98. The van der Waals surface area contributed by atoms with E-state index in [-0.39, 0.29) is 18.2 Å². The van der Waals surface area contributed by atoms with Gasteiger partial charge in [0.1, 0.15) is 11.6 Å². The van der Waals surface area contributed by atoms with Crippen LogP contribution in [0.2, 0.25) is 0 Å². The van der Waals surface area contributed by atoms with Crippen molar-refractivity contribution in [2.75, 3.05) is 26.4 Å². The lowest BCUT2D eigenvalue weighted by Gasteiger charge is -2.21. The first-order chi connectivity index (χ1) is 15.6. The number of para-hydroxylation sites is 1. The van der Waals surface area contributed by atoms with Crippen LogP contribution in [0.15, 0.2) is 46.3 Å². The molecule has 1 aliphatic rings. The number of hydrogen-bond donors (Lipinski definition) is 0. The molecule has 0 spiro atoms. The maximum absolute atomic E-state index is 14.1. The molecule has 4 rings (SSSR count). The summed E-state index contributed by atoms with van der Waals surface area (Å²) in [6.45, 7) is 8.23. The normalized spacial score (nSPS) is 13.4. The summed E-state index contributed by atoms with van der Waals surface area (Å²) in [6.07, 6.45) is 0.852. The lowest BCUT2D eigenvalue weighted by molar-refractivity contribution is -0.0171. The Morgan fingerprint density at radius 1 is 1.22 bits per heavy atom. The van der Waals surface area contributed by atoms with Crippen LogP contribution < -0.4 is 10.3 Å². The number of hydrogen-bond acceptors (Lipinski definition) is 6. The van der Waals surface area contributed by atoms with E-state index < -0.39 is 0 Å². The molecule has 8 heteroatoms. The molecule has 0 fully saturated rings. The molecule has 170 valence electrons. The first-order valence-corrected chi connectivity index (χ1v) is 12.0. The second-order valence-electron chi connectivity index (χ2n) is 7.70. The Bertz CT molecular complexity index is 1150. The maximum Gasteiger partial charge on any atom is 0.262 e. The molecule has 3 aromatic rings. The standard InChI is InChI=1S/C24H28FN3O3S/c1-3-27(4-2)10-7-11-28-23(29)20-8-5-6-9-21(20)26-24(28)32-15-18-13-19(25)12-17-14-30-16-31-22(17)18/h5-6,8-9,12-13H,3-4,7,10-11,14-16H2,1-2H3. The lowest BCUT2D eigenvalue weighted by Crippen LogP contribution is -2.28. The van der Waals surface area contributed by atoms with E-state index in [1.165, 1.54) is 23.9 Å². The fourth-order valence-corrected chi connectivity index (χ4v) is 4.95. The summed E-state index contributed by atoms with van der Waals surface area (Å²) >= 11 is 1.43. The van der Waals surface area contributed by atoms with Gasteiger partial charge in [-0.1, -0.05) is 37.7 Å². The Balaban J connectivity index is 1.63. The van der Waals surface area contributed by atoms with Crippen molar-refractivity contribution in [3.8, 4) is 5.75 Å². The summed E-state index contributed by atoms with van der Waals surface area (Å²) in [5, 5.41) is 1.25. The van der Waals surface area contributed by atoms with Gasteiger partial charge < -0.3 is 14.4 Å². The van der Waals surface area contributed by atoms with Gasteiger partial charge in [-0.25, -0.2) is 9.37 Å². The van der Waals surface area contributed by atoms with Crippen LogP contribution in [0.25, 0.3) is 10.9 Å². The van der Waals surface area contributed by atoms with E-state index in [9.17, 15) is 9.18 Å². The number of nitrogens with zero attached hydrogens (tertiary/aromatic N) is 3. The molecule has 2 heterocycles. The summed E-state index contributed by atoms with van der Waals surface area (Å²) in [7, 11) is 0. The molecule has 0 atom stereocenters. The van der Waals surface area contributed by atoms with Gasteiger partial charge in [0.2, 0.25) is 0 Å². The first-order valence-electron chi connectivity index (χ1n) is 11.0. The van der Waals surface area contributed by atoms with Crippen molar-refractivity contribution < 1.29 is 13.9 Å². The monoisotopic (exact) mass is 457 g/mol. The largest absolute Gasteiger partial charge is 0.467 e. The summed E-state index contributed by atoms with van der Waals surface area (Å²) in [4.78, 5) is 20.4. The molecule has 0 bridgehead atoms. The molecule has 0 amide bonds. The summed E-state index contributed by atoms with van der Waals surface area (Å²) in [5.74, 6) is 0.791. The number of rotatable bonds is 9. The number of benzene rings is 2. The minimum absolute atomic E-state index is 0.0384. The van der Waals surface area contributed by atoms with Gasteiger partial charge in [0.05, 0.1) is 17.5 Å². The zero-order valence-corrected chi connectivity index (χ0v) is 19.3. The van der Waals surface area contributed by atoms with Crippen molar-refractivity contribution in [2.45, 2.75) is 44.3 Å². The summed E-state index contributed by atoms with van der Waals surface area (Å²) < 4.78 is 26.8. The van der Waals surface area contributed by atoms with Crippen molar-refractivity contribution >= 4 is 22.7 Å². The molecule has 0 N–H and O–H groups in total.